The standard InChI is InChI=1S/C20H23F2NO3S/c1-13(2)27-16-8-6-15(7-9-16)19(24)23(3)12-14-5-10-17(25-4)18(11-14)26-20(21)22/h5-11,13,20H,12H2,1-4H3. The Morgan fingerprint density at radius 1 is 1.11 bits per heavy atom. The minimum atomic E-state index is -2.95. The molecule has 2 aromatic rings. The number of methoxy groups -OCH3 is 1. The normalized spacial score (nSPS) is 11.0. The molecule has 7 heteroatoms. The quantitative estimate of drug-likeness (QED) is 0.585. The van der Waals surface area contributed by atoms with Crippen molar-refractivity contribution >= 4 is 17.7 Å². The number of benzene rings is 2. The van der Waals surface area contributed by atoms with Crippen LogP contribution in [0.1, 0.15) is 29.8 Å². The molecule has 0 radical (unpaired) electrons. The van der Waals surface area contributed by atoms with E-state index >= 15 is 0 Å². The smallest absolute Gasteiger partial charge is 0.387 e. The van der Waals surface area contributed by atoms with Gasteiger partial charge in [0.2, 0.25) is 0 Å². The molecule has 0 heterocycles. The summed E-state index contributed by atoms with van der Waals surface area (Å²) in [5.41, 5.74) is 1.23. The molecule has 0 fully saturated rings. The predicted molar refractivity (Wildman–Crippen MR) is 103 cm³/mol. The minimum absolute atomic E-state index is 0.0547. The third-order valence-corrected chi connectivity index (χ3v) is 4.70. The fourth-order valence-electron chi connectivity index (χ4n) is 2.52. The zero-order valence-corrected chi connectivity index (χ0v) is 16.6. The molecule has 2 rings (SSSR count). The number of thioether (sulfide) groups is 1. The van der Waals surface area contributed by atoms with Gasteiger partial charge in [0, 0.05) is 29.3 Å². The molecule has 0 saturated heterocycles. The van der Waals surface area contributed by atoms with E-state index in [2.05, 4.69) is 18.6 Å². The number of amides is 1. The van der Waals surface area contributed by atoms with Crippen LogP contribution in [-0.2, 0) is 6.54 Å². The Hall–Kier alpha value is -2.28. The molecule has 2 aromatic carbocycles. The summed E-state index contributed by atoms with van der Waals surface area (Å²) >= 11 is 1.73. The molecule has 4 nitrogen and oxygen atoms in total. The molecule has 0 aliphatic carbocycles. The van der Waals surface area contributed by atoms with Crippen molar-refractivity contribution in [2.24, 2.45) is 0 Å². The lowest BCUT2D eigenvalue weighted by Gasteiger charge is -2.19. The van der Waals surface area contributed by atoms with Crippen LogP contribution < -0.4 is 9.47 Å². The number of hydrogen-bond donors (Lipinski definition) is 0. The highest BCUT2D eigenvalue weighted by atomic mass is 32.2. The first-order chi connectivity index (χ1) is 12.8. The van der Waals surface area contributed by atoms with Crippen LogP contribution in [0.5, 0.6) is 11.5 Å². The lowest BCUT2D eigenvalue weighted by atomic mass is 10.1. The predicted octanol–water partition coefficient (Wildman–Crippen LogP) is 5.07. The van der Waals surface area contributed by atoms with Gasteiger partial charge in [0.05, 0.1) is 7.11 Å². The van der Waals surface area contributed by atoms with E-state index in [9.17, 15) is 13.6 Å². The molecular formula is C20H23F2NO3S. The number of carbonyl (C=O) groups is 1. The Bertz CT molecular complexity index is 766. The number of hydrogen-bond acceptors (Lipinski definition) is 4. The number of alkyl halides is 2. The van der Waals surface area contributed by atoms with Gasteiger partial charge in [-0.2, -0.15) is 8.78 Å². The van der Waals surface area contributed by atoms with E-state index in [0.717, 1.165) is 4.90 Å². The molecule has 1 amide bonds. The summed E-state index contributed by atoms with van der Waals surface area (Å²) in [6.07, 6.45) is 0. The highest BCUT2D eigenvalue weighted by Crippen LogP contribution is 2.30. The largest absolute Gasteiger partial charge is 0.493 e. The second kappa shape index (κ2) is 9.60. The van der Waals surface area contributed by atoms with E-state index in [1.165, 1.54) is 18.1 Å². The van der Waals surface area contributed by atoms with Crippen LogP contribution in [0.4, 0.5) is 8.78 Å². The van der Waals surface area contributed by atoms with Gasteiger partial charge in [-0.15, -0.1) is 11.8 Å². The fraction of sp³-hybridized carbons (Fsp3) is 0.350. The van der Waals surface area contributed by atoms with E-state index in [1.54, 1.807) is 43.1 Å². The lowest BCUT2D eigenvalue weighted by molar-refractivity contribution is -0.0512. The molecule has 146 valence electrons. The Kier molecular flexibility index (Phi) is 7.47. The summed E-state index contributed by atoms with van der Waals surface area (Å²) in [5.74, 6) is 0.00965. The topological polar surface area (TPSA) is 38.8 Å². The summed E-state index contributed by atoms with van der Waals surface area (Å²) < 4.78 is 34.6. The molecule has 0 aromatic heterocycles. The van der Waals surface area contributed by atoms with Crippen molar-refractivity contribution in [2.45, 2.75) is 37.1 Å². The molecule has 0 saturated carbocycles. The first-order valence-electron chi connectivity index (χ1n) is 8.44. The Morgan fingerprint density at radius 3 is 2.33 bits per heavy atom. The van der Waals surface area contributed by atoms with E-state index < -0.39 is 6.61 Å². The molecule has 0 aliphatic heterocycles. The first-order valence-corrected chi connectivity index (χ1v) is 9.32. The molecule has 0 aliphatic rings. The highest BCUT2D eigenvalue weighted by Gasteiger charge is 2.15. The third-order valence-electron chi connectivity index (χ3n) is 3.68. The Labute approximate surface area is 162 Å². The van der Waals surface area contributed by atoms with Crippen molar-refractivity contribution in [3.8, 4) is 11.5 Å². The minimum Gasteiger partial charge on any atom is -0.493 e. The fourth-order valence-corrected chi connectivity index (χ4v) is 3.36. The first kappa shape index (κ1) is 21.0. The average molecular weight is 395 g/mol. The molecule has 0 atom stereocenters. The van der Waals surface area contributed by atoms with Crippen molar-refractivity contribution in [3.63, 3.8) is 0 Å². The molecule has 27 heavy (non-hydrogen) atoms. The summed E-state index contributed by atoms with van der Waals surface area (Å²) in [5, 5.41) is 0.467. The van der Waals surface area contributed by atoms with Crippen molar-refractivity contribution in [3.05, 3.63) is 53.6 Å². The average Bonchev–Trinajstić information content (AvgIpc) is 2.61. The van der Waals surface area contributed by atoms with E-state index in [1.807, 2.05) is 12.1 Å². The maximum atomic E-state index is 12.6. The van der Waals surface area contributed by atoms with Crippen LogP contribution in [0, 0.1) is 0 Å². The highest BCUT2D eigenvalue weighted by molar-refractivity contribution is 7.99. The van der Waals surface area contributed by atoms with Crippen LogP contribution in [0.25, 0.3) is 0 Å². The van der Waals surface area contributed by atoms with Crippen LogP contribution in [0.3, 0.4) is 0 Å². The molecule has 0 bridgehead atoms. The van der Waals surface area contributed by atoms with Crippen LogP contribution in [-0.4, -0.2) is 36.8 Å². The monoisotopic (exact) mass is 395 g/mol. The van der Waals surface area contributed by atoms with Gasteiger partial charge in [-0.1, -0.05) is 19.9 Å². The van der Waals surface area contributed by atoms with Crippen LogP contribution in [0.15, 0.2) is 47.4 Å². The maximum absolute atomic E-state index is 12.6. The second-order valence-electron chi connectivity index (χ2n) is 6.22. The Balaban J connectivity index is 2.09. The zero-order valence-electron chi connectivity index (χ0n) is 15.7. The summed E-state index contributed by atoms with van der Waals surface area (Å²) in [6.45, 7) is 1.53. The molecule has 0 unspecified atom stereocenters. The lowest BCUT2D eigenvalue weighted by Crippen LogP contribution is -2.26. The number of nitrogens with zero attached hydrogens (tertiary/aromatic N) is 1. The summed E-state index contributed by atoms with van der Waals surface area (Å²) in [6, 6.07) is 12.1. The molecule has 0 N–H and O–H groups in total. The maximum Gasteiger partial charge on any atom is 0.387 e. The van der Waals surface area contributed by atoms with Gasteiger partial charge in [-0.05, 0) is 42.0 Å². The van der Waals surface area contributed by atoms with Crippen molar-refractivity contribution in [2.75, 3.05) is 14.2 Å². The second-order valence-corrected chi connectivity index (χ2v) is 7.87. The molecular weight excluding hydrogens is 372 g/mol. The molecule has 0 spiro atoms. The number of halogens is 2. The zero-order chi connectivity index (χ0) is 20.0. The van der Waals surface area contributed by atoms with E-state index in [4.69, 9.17) is 4.74 Å². The van der Waals surface area contributed by atoms with Gasteiger partial charge in [0.25, 0.3) is 5.91 Å². The van der Waals surface area contributed by atoms with Gasteiger partial charge in [0.1, 0.15) is 0 Å². The van der Waals surface area contributed by atoms with Crippen LogP contribution in [0.2, 0.25) is 0 Å². The number of ether oxygens (including phenoxy) is 2. The van der Waals surface area contributed by atoms with E-state index in [0.29, 0.717) is 16.4 Å². The van der Waals surface area contributed by atoms with Crippen molar-refractivity contribution < 1.29 is 23.0 Å². The van der Waals surface area contributed by atoms with E-state index in [-0.39, 0.29) is 24.0 Å². The Morgan fingerprint density at radius 2 is 1.78 bits per heavy atom. The number of rotatable bonds is 8. The van der Waals surface area contributed by atoms with Crippen molar-refractivity contribution in [1.82, 2.24) is 4.90 Å². The third kappa shape index (κ3) is 6.13. The van der Waals surface area contributed by atoms with Gasteiger partial charge in [-0.25, -0.2) is 0 Å². The van der Waals surface area contributed by atoms with Gasteiger partial charge in [-0.3, -0.25) is 4.79 Å². The number of carbonyl (C=O) groups excluding carboxylic acids is 1. The van der Waals surface area contributed by atoms with Gasteiger partial charge >= 0.3 is 6.61 Å². The van der Waals surface area contributed by atoms with Gasteiger partial charge in [0.15, 0.2) is 11.5 Å². The summed E-state index contributed by atoms with van der Waals surface area (Å²) in [4.78, 5) is 15.2. The SMILES string of the molecule is COc1ccc(CN(C)C(=O)c2ccc(SC(C)C)cc2)cc1OC(F)F. The van der Waals surface area contributed by atoms with Crippen LogP contribution >= 0.6 is 11.8 Å². The summed E-state index contributed by atoms with van der Waals surface area (Å²) in [7, 11) is 3.04. The van der Waals surface area contributed by atoms with Crippen molar-refractivity contribution in [1.29, 1.82) is 0 Å². The van der Waals surface area contributed by atoms with Gasteiger partial charge < -0.3 is 14.4 Å².